The molecule has 5 aromatic heterocycles. The molecule has 0 saturated carbocycles. The molecular weight excluding hydrogens is 480 g/mol. The molecule has 5 nitrogen and oxygen atoms in total. The van der Waals surface area contributed by atoms with Gasteiger partial charge in [0, 0.05) is 50.4 Å². The number of furan rings is 1. The van der Waals surface area contributed by atoms with Crippen molar-refractivity contribution in [3.05, 3.63) is 122 Å². The van der Waals surface area contributed by atoms with Gasteiger partial charge in [-0.1, -0.05) is 48.5 Å². The SMILES string of the molecule is c1cc(-n2c3ccccc3c3cccnc32)c2oc3ccc(-n4c5ccccc5c5cccnc54)cc3c2c1. The summed E-state index contributed by atoms with van der Waals surface area (Å²) in [5.74, 6) is 0. The Morgan fingerprint density at radius 1 is 0.487 bits per heavy atom. The van der Waals surface area contributed by atoms with Crippen molar-refractivity contribution >= 4 is 65.8 Å². The van der Waals surface area contributed by atoms with E-state index in [1.165, 1.54) is 10.8 Å². The zero-order valence-corrected chi connectivity index (χ0v) is 20.7. The molecule has 0 atom stereocenters. The molecule has 0 radical (unpaired) electrons. The van der Waals surface area contributed by atoms with Crippen molar-refractivity contribution in [1.29, 1.82) is 0 Å². The lowest BCUT2D eigenvalue weighted by Gasteiger charge is -2.07. The molecule has 0 saturated heterocycles. The van der Waals surface area contributed by atoms with Crippen molar-refractivity contribution in [2.75, 3.05) is 0 Å². The Balaban J connectivity index is 1.34. The van der Waals surface area contributed by atoms with Crippen LogP contribution in [0.15, 0.2) is 126 Å². The van der Waals surface area contributed by atoms with Gasteiger partial charge in [-0.15, -0.1) is 0 Å². The van der Waals surface area contributed by atoms with Crippen LogP contribution in [0.2, 0.25) is 0 Å². The Labute approximate surface area is 222 Å². The van der Waals surface area contributed by atoms with Gasteiger partial charge in [-0.2, -0.15) is 0 Å². The number of benzene rings is 4. The maximum absolute atomic E-state index is 6.58. The summed E-state index contributed by atoms with van der Waals surface area (Å²) < 4.78 is 11.0. The summed E-state index contributed by atoms with van der Waals surface area (Å²) in [4.78, 5) is 9.53. The lowest BCUT2D eigenvalue weighted by Crippen LogP contribution is -1.95. The van der Waals surface area contributed by atoms with Crippen molar-refractivity contribution in [3.8, 4) is 11.4 Å². The summed E-state index contributed by atoms with van der Waals surface area (Å²) in [5.41, 5.74) is 7.84. The van der Waals surface area contributed by atoms with E-state index in [-0.39, 0.29) is 0 Å². The predicted molar refractivity (Wildman–Crippen MR) is 158 cm³/mol. The Morgan fingerprint density at radius 2 is 1.10 bits per heavy atom. The van der Waals surface area contributed by atoms with Gasteiger partial charge in [-0.3, -0.25) is 9.13 Å². The van der Waals surface area contributed by atoms with E-state index in [1.807, 2.05) is 24.5 Å². The molecule has 39 heavy (non-hydrogen) atoms. The van der Waals surface area contributed by atoms with Gasteiger partial charge >= 0.3 is 0 Å². The van der Waals surface area contributed by atoms with Crippen LogP contribution in [0.1, 0.15) is 0 Å². The summed E-state index contributed by atoms with van der Waals surface area (Å²) in [6, 6.07) is 37.9. The van der Waals surface area contributed by atoms with Crippen molar-refractivity contribution in [2.24, 2.45) is 0 Å². The molecular formula is C34H20N4O. The molecule has 0 bridgehead atoms. The minimum absolute atomic E-state index is 0.846. The molecule has 0 aliphatic carbocycles. The maximum atomic E-state index is 6.58. The van der Waals surface area contributed by atoms with E-state index >= 15 is 0 Å². The first-order chi connectivity index (χ1) is 19.4. The fourth-order valence-electron chi connectivity index (χ4n) is 6.18. The molecule has 0 fully saturated rings. The average Bonchev–Trinajstić information content (AvgIpc) is 3.65. The quantitative estimate of drug-likeness (QED) is 0.239. The van der Waals surface area contributed by atoms with Crippen molar-refractivity contribution in [2.45, 2.75) is 0 Å². The summed E-state index contributed by atoms with van der Waals surface area (Å²) in [6.45, 7) is 0. The van der Waals surface area contributed by atoms with Gasteiger partial charge in [0.15, 0.2) is 5.58 Å². The van der Waals surface area contributed by atoms with Crippen LogP contribution >= 0.6 is 0 Å². The Hall–Kier alpha value is -5.42. The summed E-state index contributed by atoms with van der Waals surface area (Å²) in [6.07, 6.45) is 3.71. The van der Waals surface area contributed by atoms with Crippen molar-refractivity contribution in [1.82, 2.24) is 19.1 Å². The summed E-state index contributed by atoms with van der Waals surface area (Å²) >= 11 is 0. The second-order valence-corrected chi connectivity index (χ2v) is 9.89. The van der Waals surface area contributed by atoms with Crippen LogP contribution < -0.4 is 0 Å². The lowest BCUT2D eigenvalue weighted by molar-refractivity contribution is 0.666. The van der Waals surface area contributed by atoms with E-state index in [2.05, 4.69) is 106 Å². The highest BCUT2D eigenvalue weighted by Crippen LogP contribution is 2.39. The Morgan fingerprint density at radius 3 is 1.85 bits per heavy atom. The third-order valence-corrected chi connectivity index (χ3v) is 7.83. The molecule has 5 heteroatoms. The molecule has 5 heterocycles. The Kier molecular flexibility index (Phi) is 3.99. The Bertz CT molecular complexity index is 2300. The van der Waals surface area contributed by atoms with Gasteiger partial charge in [0.1, 0.15) is 16.9 Å². The predicted octanol–water partition coefficient (Wildman–Crippen LogP) is 8.57. The van der Waals surface area contributed by atoms with Gasteiger partial charge in [-0.05, 0) is 60.7 Å². The van der Waals surface area contributed by atoms with E-state index in [9.17, 15) is 0 Å². The van der Waals surface area contributed by atoms with Crippen LogP contribution in [-0.2, 0) is 0 Å². The smallest absolute Gasteiger partial charge is 0.159 e. The number of nitrogens with zero attached hydrogens (tertiary/aromatic N) is 4. The monoisotopic (exact) mass is 500 g/mol. The van der Waals surface area contributed by atoms with Crippen LogP contribution in [0.5, 0.6) is 0 Å². The van der Waals surface area contributed by atoms with E-state index in [1.54, 1.807) is 0 Å². The van der Waals surface area contributed by atoms with Gasteiger partial charge < -0.3 is 4.42 Å². The van der Waals surface area contributed by atoms with Crippen LogP contribution in [0, 0.1) is 0 Å². The third kappa shape index (κ3) is 2.73. The largest absolute Gasteiger partial charge is 0.454 e. The van der Waals surface area contributed by atoms with Crippen LogP contribution in [0.25, 0.3) is 77.2 Å². The standard InChI is InChI=1S/C34H20N4O/c1-3-13-28-22(8-1)25-11-6-18-35-33(25)37(28)21-16-17-31-27(20-21)24-10-5-15-30(32(24)39-31)38-29-14-4-2-9-23(29)26-12-7-19-36-34(26)38/h1-20H. The summed E-state index contributed by atoms with van der Waals surface area (Å²) in [7, 11) is 0. The third-order valence-electron chi connectivity index (χ3n) is 7.83. The average molecular weight is 501 g/mol. The molecule has 0 aliphatic heterocycles. The molecule has 9 aromatic rings. The molecule has 0 spiro atoms. The van der Waals surface area contributed by atoms with Crippen LogP contribution in [0.4, 0.5) is 0 Å². The molecule has 0 aliphatic rings. The fourth-order valence-corrected chi connectivity index (χ4v) is 6.18. The number of pyridine rings is 2. The maximum Gasteiger partial charge on any atom is 0.159 e. The van der Waals surface area contributed by atoms with Crippen LogP contribution in [0.3, 0.4) is 0 Å². The minimum Gasteiger partial charge on any atom is -0.454 e. The van der Waals surface area contributed by atoms with Crippen molar-refractivity contribution in [3.63, 3.8) is 0 Å². The molecule has 0 unspecified atom stereocenters. The second kappa shape index (κ2) is 7.55. The first kappa shape index (κ1) is 20.6. The highest BCUT2D eigenvalue weighted by Gasteiger charge is 2.19. The highest BCUT2D eigenvalue weighted by molar-refractivity contribution is 6.13. The van der Waals surface area contributed by atoms with E-state index in [0.29, 0.717) is 0 Å². The van der Waals surface area contributed by atoms with Gasteiger partial charge in [0.05, 0.1) is 16.7 Å². The number of para-hydroxylation sites is 3. The molecule has 4 aromatic carbocycles. The normalized spacial score (nSPS) is 12.1. The lowest BCUT2D eigenvalue weighted by atomic mass is 10.1. The fraction of sp³-hybridized carbons (Fsp3) is 0. The number of fused-ring (bicyclic) bond motifs is 9. The second-order valence-electron chi connectivity index (χ2n) is 9.89. The molecule has 0 amide bonds. The number of rotatable bonds is 2. The number of aromatic nitrogens is 4. The van der Waals surface area contributed by atoms with Crippen molar-refractivity contribution < 1.29 is 4.42 Å². The number of hydrogen-bond donors (Lipinski definition) is 0. The van der Waals surface area contributed by atoms with E-state index in [0.717, 1.165) is 66.4 Å². The topological polar surface area (TPSA) is 48.8 Å². The molecule has 9 rings (SSSR count). The minimum atomic E-state index is 0.846. The zero-order valence-electron chi connectivity index (χ0n) is 20.7. The van der Waals surface area contributed by atoms with E-state index in [4.69, 9.17) is 14.4 Å². The van der Waals surface area contributed by atoms with Crippen LogP contribution in [-0.4, -0.2) is 19.1 Å². The zero-order chi connectivity index (χ0) is 25.5. The molecule has 0 N–H and O–H groups in total. The van der Waals surface area contributed by atoms with Gasteiger partial charge in [0.2, 0.25) is 0 Å². The highest BCUT2D eigenvalue weighted by atomic mass is 16.3. The van der Waals surface area contributed by atoms with Gasteiger partial charge in [0.25, 0.3) is 0 Å². The molecule has 182 valence electrons. The first-order valence-corrected chi connectivity index (χ1v) is 13.0. The summed E-state index contributed by atoms with van der Waals surface area (Å²) in [5, 5.41) is 6.78. The number of hydrogen-bond acceptors (Lipinski definition) is 3. The van der Waals surface area contributed by atoms with E-state index < -0.39 is 0 Å². The first-order valence-electron chi connectivity index (χ1n) is 13.0. The van der Waals surface area contributed by atoms with Gasteiger partial charge in [-0.25, -0.2) is 9.97 Å².